The Kier molecular flexibility index (Phi) is 6.65. The van der Waals surface area contributed by atoms with E-state index in [-0.39, 0.29) is 29.9 Å². The van der Waals surface area contributed by atoms with Gasteiger partial charge in [-0.05, 0) is 43.4 Å². The van der Waals surface area contributed by atoms with E-state index in [1.807, 2.05) is 0 Å². The standard InChI is InChI=1S/C19H34N4O3S/c1-23(2)18(24)12-21-19(20-11-14-8-9-27(25,26)13-14)22-17-7-6-15-4-3-5-16(15)10-17/h14-17H,3-13H2,1-2H3,(H2,20,21,22). The van der Waals surface area contributed by atoms with E-state index in [0.717, 1.165) is 18.3 Å². The first-order chi connectivity index (χ1) is 12.8. The van der Waals surface area contributed by atoms with Crippen molar-refractivity contribution in [3.05, 3.63) is 0 Å². The molecule has 1 aliphatic heterocycles. The smallest absolute Gasteiger partial charge is 0.243 e. The van der Waals surface area contributed by atoms with Crippen molar-refractivity contribution >= 4 is 21.7 Å². The number of sulfone groups is 1. The molecule has 1 heterocycles. The van der Waals surface area contributed by atoms with Crippen LogP contribution in [0.4, 0.5) is 0 Å². The molecule has 2 saturated carbocycles. The highest BCUT2D eigenvalue weighted by molar-refractivity contribution is 7.91. The maximum absolute atomic E-state index is 11.9. The molecule has 27 heavy (non-hydrogen) atoms. The number of likely N-dealkylation sites (N-methyl/N-ethyl adjacent to an activating group) is 1. The van der Waals surface area contributed by atoms with Gasteiger partial charge < -0.3 is 15.5 Å². The van der Waals surface area contributed by atoms with Crippen LogP contribution in [0, 0.1) is 17.8 Å². The van der Waals surface area contributed by atoms with Crippen LogP contribution in [-0.2, 0) is 14.6 Å². The third-order valence-electron chi connectivity index (χ3n) is 6.39. The second-order valence-electron chi connectivity index (χ2n) is 8.71. The number of hydrogen-bond donors (Lipinski definition) is 2. The largest absolute Gasteiger partial charge is 0.356 e. The van der Waals surface area contributed by atoms with Gasteiger partial charge in [-0.2, -0.15) is 0 Å². The molecule has 7 nitrogen and oxygen atoms in total. The molecule has 3 aliphatic rings. The molecular formula is C19H34N4O3S. The summed E-state index contributed by atoms with van der Waals surface area (Å²) in [6.45, 7) is 0.685. The zero-order valence-corrected chi connectivity index (χ0v) is 17.4. The summed E-state index contributed by atoms with van der Waals surface area (Å²) in [6.07, 6.45) is 8.35. The normalized spacial score (nSPS) is 32.7. The van der Waals surface area contributed by atoms with E-state index in [9.17, 15) is 13.2 Å². The summed E-state index contributed by atoms with van der Waals surface area (Å²) in [6, 6.07) is 0.386. The number of aliphatic imine (C=N–C) groups is 1. The maximum atomic E-state index is 11.9. The van der Waals surface area contributed by atoms with E-state index < -0.39 is 9.84 Å². The van der Waals surface area contributed by atoms with Gasteiger partial charge in [-0.15, -0.1) is 0 Å². The summed E-state index contributed by atoms with van der Waals surface area (Å²) >= 11 is 0. The van der Waals surface area contributed by atoms with Gasteiger partial charge in [0.25, 0.3) is 0 Å². The number of nitrogens with zero attached hydrogens (tertiary/aromatic N) is 2. The van der Waals surface area contributed by atoms with Gasteiger partial charge in [-0.1, -0.05) is 19.3 Å². The molecule has 2 N–H and O–H groups in total. The number of guanidine groups is 1. The Labute approximate surface area is 163 Å². The quantitative estimate of drug-likeness (QED) is 0.533. The molecule has 8 heteroatoms. The Balaban J connectivity index is 1.57. The van der Waals surface area contributed by atoms with Gasteiger partial charge in [-0.25, -0.2) is 13.4 Å². The lowest BCUT2D eigenvalue weighted by Crippen LogP contribution is -2.47. The molecule has 154 valence electrons. The van der Waals surface area contributed by atoms with Crippen molar-refractivity contribution in [1.82, 2.24) is 15.5 Å². The van der Waals surface area contributed by atoms with Crippen molar-refractivity contribution in [3.8, 4) is 0 Å². The van der Waals surface area contributed by atoms with E-state index in [2.05, 4.69) is 15.6 Å². The van der Waals surface area contributed by atoms with Crippen molar-refractivity contribution in [2.24, 2.45) is 22.7 Å². The Morgan fingerprint density at radius 2 is 1.89 bits per heavy atom. The van der Waals surface area contributed by atoms with Crippen LogP contribution in [0.1, 0.15) is 44.9 Å². The average molecular weight is 399 g/mol. The van der Waals surface area contributed by atoms with E-state index in [4.69, 9.17) is 0 Å². The summed E-state index contributed by atoms with van der Waals surface area (Å²) in [5.74, 6) is 2.98. The molecule has 1 amide bonds. The number of nitrogens with one attached hydrogen (secondary N) is 2. The molecule has 0 aromatic rings. The summed E-state index contributed by atoms with van der Waals surface area (Å²) in [4.78, 5) is 17.9. The zero-order valence-electron chi connectivity index (χ0n) is 16.6. The van der Waals surface area contributed by atoms with Gasteiger partial charge in [0.15, 0.2) is 15.8 Å². The SMILES string of the molecule is CN(C)C(=O)CN=C(NCC1CCS(=O)(=O)C1)NC1CCC2CCCC2C1. The molecule has 0 aromatic heterocycles. The van der Waals surface area contributed by atoms with Crippen LogP contribution in [0.25, 0.3) is 0 Å². The Bertz CT molecular complexity index is 662. The summed E-state index contributed by atoms with van der Waals surface area (Å²) < 4.78 is 23.3. The first-order valence-electron chi connectivity index (χ1n) is 10.3. The van der Waals surface area contributed by atoms with Crippen LogP contribution in [-0.4, -0.2) is 69.9 Å². The average Bonchev–Trinajstić information content (AvgIpc) is 3.22. The summed E-state index contributed by atoms with van der Waals surface area (Å²) in [5, 5.41) is 6.83. The van der Waals surface area contributed by atoms with E-state index in [0.29, 0.717) is 25.0 Å². The van der Waals surface area contributed by atoms with Crippen LogP contribution in [0.5, 0.6) is 0 Å². The van der Waals surface area contributed by atoms with Crippen LogP contribution in [0.15, 0.2) is 4.99 Å². The van der Waals surface area contributed by atoms with Crippen molar-refractivity contribution in [1.29, 1.82) is 0 Å². The van der Waals surface area contributed by atoms with Gasteiger partial charge in [0.1, 0.15) is 6.54 Å². The third-order valence-corrected chi connectivity index (χ3v) is 8.22. The van der Waals surface area contributed by atoms with Gasteiger partial charge in [0.2, 0.25) is 5.91 Å². The Morgan fingerprint density at radius 3 is 2.59 bits per heavy atom. The Morgan fingerprint density at radius 1 is 1.11 bits per heavy atom. The van der Waals surface area contributed by atoms with E-state index in [1.165, 1.54) is 37.0 Å². The van der Waals surface area contributed by atoms with Crippen LogP contribution < -0.4 is 10.6 Å². The lowest BCUT2D eigenvalue weighted by molar-refractivity contribution is -0.127. The fourth-order valence-electron chi connectivity index (χ4n) is 4.74. The second-order valence-corrected chi connectivity index (χ2v) is 10.9. The lowest BCUT2D eigenvalue weighted by atomic mass is 9.79. The molecule has 0 aromatic carbocycles. The number of rotatable bonds is 5. The summed E-state index contributed by atoms with van der Waals surface area (Å²) in [7, 11) is 0.572. The fourth-order valence-corrected chi connectivity index (χ4v) is 6.60. The van der Waals surface area contributed by atoms with Gasteiger partial charge in [0, 0.05) is 26.7 Å². The number of amides is 1. The molecule has 4 atom stereocenters. The minimum Gasteiger partial charge on any atom is -0.356 e. The van der Waals surface area contributed by atoms with Crippen LogP contribution in [0.2, 0.25) is 0 Å². The van der Waals surface area contributed by atoms with Crippen molar-refractivity contribution in [2.75, 3.05) is 38.7 Å². The van der Waals surface area contributed by atoms with Crippen LogP contribution in [0.3, 0.4) is 0 Å². The predicted molar refractivity (Wildman–Crippen MR) is 107 cm³/mol. The summed E-state index contributed by atoms with van der Waals surface area (Å²) in [5.41, 5.74) is 0. The number of fused-ring (bicyclic) bond motifs is 1. The predicted octanol–water partition coefficient (Wildman–Crippen LogP) is 1.01. The van der Waals surface area contributed by atoms with Gasteiger partial charge in [0.05, 0.1) is 11.5 Å². The molecule has 0 radical (unpaired) electrons. The highest BCUT2D eigenvalue weighted by Gasteiger charge is 2.34. The third kappa shape index (κ3) is 5.83. The monoisotopic (exact) mass is 398 g/mol. The minimum atomic E-state index is -2.88. The number of carbonyl (C=O) groups excluding carboxylic acids is 1. The molecule has 3 rings (SSSR count). The minimum absolute atomic E-state index is 0.0426. The first kappa shape index (κ1) is 20.4. The molecule has 4 unspecified atom stereocenters. The molecule has 1 saturated heterocycles. The van der Waals surface area contributed by atoms with Crippen molar-refractivity contribution in [2.45, 2.75) is 51.0 Å². The highest BCUT2D eigenvalue weighted by Crippen LogP contribution is 2.42. The number of carbonyl (C=O) groups is 1. The lowest BCUT2D eigenvalue weighted by Gasteiger charge is -2.33. The first-order valence-corrected chi connectivity index (χ1v) is 12.1. The second kappa shape index (κ2) is 8.80. The molecule has 2 aliphatic carbocycles. The topological polar surface area (TPSA) is 90.9 Å². The van der Waals surface area contributed by atoms with Crippen molar-refractivity contribution in [3.63, 3.8) is 0 Å². The zero-order chi connectivity index (χ0) is 19.4. The fraction of sp³-hybridized carbons (Fsp3) is 0.895. The molecule has 3 fully saturated rings. The molecule has 0 spiro atoms. The number of hydrogen-bond acceptors (Lipinski definition) is 4. The van der Waals surface area contributed by atoms with Crippen LogP contribution >= 0.6 is 0 Å². The van der Waals surface area contributed by atoms with Crippen molar-refractivity contribution < 1.29 is 13.2 Å². The maximum Gasteiger partial charge on any atom is 0.243 e. The molecule has 0 bridgehead atoms. The van der Waals surface area contributed by atoms with E-state index in [1.54, 1.807) is 14.1 Å². The highest BCUT2D eigenvalue weighted by atomic mass is 32.2. The van der Waals surface area contributed by atoms with Gasteiger partial charge >= 0.3 is 0 Å². The van der Waals surface area contributed by atoms with E-state index >= 15 is 0 Å². The van der Waals surface area contributed by atoms with Gasteiger partial charge in [-0.3, -0.25) is 4.79 Å². The molecular weight excluding hydrogens is 364 g/mol. The Hall–Kier alpha value is -1.31.